The first kappa shape index (κ1) is 26.1. The molecule has 0 saturated carbocycles. The van der Waals surface area contributed by atoms with Gasteiger partial charge in [0.2, 0.25) is 19.7 Å². The molecule has 13 heteroatoms. The molecular weight excluding hydrogens is 524 g/mol. The highest BCUT2D eigenvalue weighted by Crippen LogP contribution is 2.34. The van der Waals surface area contributed by atoms with Gasteiger partial charge in [-0.2, -0.15) is 13.1 Å². The van der Waals surface area contributed by atoms with Crippen LogP contribution >= 0.6 is 11.6 Å². The molecule has 0 saturated heterocycles. The van der Waals surface area contributed by atoms with Crippen molar-refractivity contribution in [3.63, 3.8) is 0 Å². The summed E-state index contributed by atoms with van der Waals surface area (Å²) in [6.07, 6.45) is 0. The van der Waals surface area contributed by atoms with E-state index in [1.54, 1.807) is 0 Å². The molecule has 0 amide bonds. The van der Waals surface area contributed by atoms with Crippen LogP contribution in [0.2, 0.25) is 5.02 Å². The van der Waals surface area contributed by atoms with Gasteiger partial charge in [0.15, 0.2) is 0 Å². The van der Waals surface area contributed by atoms with Gasteiger partial charge in [-0.25, -0.2) is 22.0 Å². The van der Waals surface area contributed by atoms with Crippen LogP contribution in [0.5, 0.6) is 5.75 Å². The van der Waals surface area contributed by atoms with Crippen LogP contribution in [0.25, 0.3) is 0 Å². The number of nitrogens with two attached hydrogens (primary N) is 1. The number of benzene rings is 3. The maximum Gasteiger partial charge on any atom is 0.274 e. The normalized spacial score (nSPS) is 13.4. The van der Waals surface area contributed by atoms with E-state index in [2.05, 4.69) is 4.72 Å². The highest BCUT2D eigenvalue weighted by molar-refractivity contribution is 7.94. The highest BCUT2D eigenvalue weighted by Gasteiger charge is 2.30. The molecule has 0 aliphatic carbocycles. The lowest BCUT2D eigenvalue weighted by Gasteiger charge is -2.15. The first-order valence-electron chi connectivity index (χ1n) is 9.59. The van der Waals surface area contributed by atoms with Crippen LogP contribution in [0.3, 0.4) is 0 Å². The Balaban J connectivity index is 2.11. The topological polar surface area (TPSA) is 150 Å². The fourth-order valence-electron chi connectivity index (χ4n) is 3.17. The molecule has 1 unspecified atom stereocenters. The average molecular weight is 545 g/mol. The first-order chi connectivity index (χ1) is 15.8. The third-order valence-corrected chi connectivity index (χ3v) is 9.59. The second-order valence-corrected chi connectivity index (χ2v) is 12.8. The predicted octanol–water partition coefficient (Wildman–Crippen LogP) is 2.87. The molecule has 0 heterocycles. The van der Waals surface area contributed by atoms with Gasteiger partial charge in [0, 0.05) is 17.1 Å². The minimum atomic E-state index is -4.30. The maximum absolute atomic E-state index is 13.4. The molecule has 0 aromatic heterocycles. The van der Waals surface area contributed by atoms with E-state index < -0.39 is 45.7 Å². The second-order valence-electron chi connectivity index (χ2n) is 7.23. The quantitative estimate of drug-likeness (QED) is 0.442. The zero-order chi connectivity index (χ0) is 25.3. The Labute approximate surface area is 203 Å². The molecule has 0 aliphatic heterocycles. The average Bonchev–Trinajstić information content (AvgIpc) is 2.78. The van der Waals surface area contributed by atoms with Gasteiger partial charge in [-0.3, -0.25) is 0 Å². The van der Waals surface area contributed by atoms with Gasteiger partial charge in [0.1, 0.15) is 5.75 Å². The molecule has 3 N–H and O–H groups in total. The van der Waals surface area contributed by atoms with Crippen LogP contribution in [-0.4, -0.2) is 32.4 Å². The Morgan fingerprint density at radius 2 is 1.29 bits per heavy atom. The van der Waals surface area contributed by atoms with Gasteiger partial charge in [-0.15, -0.1) is 0 Å². The van der Waals surface area contributed by atoms with Crippen molar-refractivity contribution in [1.82, 2.24) is 4.72 Å². The molecule has 3 aromatic rings. The second kappa shape index (κ2) is 9.64. The van der Waals surface area contributed by atoms with Crippen LogP contribution in [0, 0.1) is 0 Å². The Kier molecular flexibility index (Phi) is 7.41. The number of sulfone groups is 2. The van der Waals surface area contributed by atoms with Crippen molar-refractivity contribution in [3.05, 3.63) is 77.3 Å². The van der Waals surface area contributed by atoms with E-state index in [-0.39, 0.29) is 15.5 Å². The van der Waals surface area contributed by atoms with Crippen LogP contribution < -0.4 is 14.6 Å². The van der Waals surface area contributed by atoms with Crippen LogP contribution in [0.15, 0.2) is 86.3 Å². The zero-order valence-corrected chi connectivity index (χ0v) is 21.2. The molecule has 182 valence electrons. The Hall–Kier alpha value is -2.48. The molecule has 0 bridgehead atoms. The van der Waals surface area contributed by atoms with Gasteiger partial charge in [-0.1, -0.05) is 23.7 Å². The van der Waals surface area contributed by atoms with E-state index in [4.69, 9.17) is 21.5 Å². The van der Waals surface area contributed by atoms with Crippen molar-refractivity contribution < 1.29 is 30.0 Å². The maximum atomic E-state index is 13.4. The molecule has 0 fully saturated rings. The number of methoxy groups -OCH3 is 1. The summed E-state index contributed by atoms with van der Waals surface area (Å²) >= 11 is 5.85. The summed E-state index contributed by atoms with van der Waals surface area (Å²) in [4.78, 5) is -1.22. The summed E-state index contributed by atoms with van der Waals surface area (Å²) in [5, 5.41) is 5.30. The molecule has 3 rings (SSSR count). The SMILES string of the molecule is COc1ccc(S(=O)(=O)c2ccc(C(C)NS(N)(=O)=O)cc2)c(S(=O)(=O)c2ccc(Cl)cc2)c1. The van der Waals surface area contributed by atoms with Crippen molar-refractivity contribution in [2.45, 2.75) is 32.5 Å². The first-order valence-corrected chi connectivity index (χ1v) is 14.5. The van der Waals surface area contributed by atoms with Gasteiger partial charge in [0.05, 0.1) is 26.7 Å². The zero-order valence-electron chi connectivity index (χ0n) is 18.0. The summed E-state index contributed by atoms with van der Waals surface area (Å²) in [6.45, 7) is 1.54. The number of nitrogens with one attached hydrogen (secondary N) is 1. The summed E-state index contributed by atoms with van der Waals surface area (Å²) in [5.41, 5.74) is 0.455. The lowest BCUT2D eigenvalue weighted by molar-refractivity contribution is 0.412. The van der Waals surface area contributed by atoms with Gasteiger partial charge in [-0.05, 0) is 61.0 Å². The van der Waals surface area contributed by atoms with Crippen molar-refractivity contribution in [2.75, 3.05) is 7.11 Å². The molecule has 0 aliphatic rings. The predicted molar refractivity (Wildman–Crippen MR) is 126 cm³/mol. The lowest BCUT2D eigenvalue weighted by Crippen LogP contribution is -2.32. The number of rotatable bonds is 8. The van der Waals surface area contributed by atoms with E-state index >= 15 is 0 Å². The van der Waals surface area contributed by atoms with Gasteiger partial charge in [0.25, 0.3) is 10.2 Å². The van der Waals surface area contributed by atoms with Crippen molar-refractivity contribution in [1.29, 1.82) is 0 Å². The van der Waals surface area contributed by atoms with E-state index in [0.717, 1.165) is 12.1 Å². The standard InChI is InChI=1S/C21H21ClN2O7S3/c1-14(24-34(23,29)30)15-3-8-18(9-4-15)32(25,26)20-12-7-17(31-2)13-21(20)33(27,28)19-10-5-16(22)6-11-19/h3-14,24H,1-2H3,(H2,23,29,30). The molecular formula is C21H21ClN2O7S3. The summed E-state index contributed by atoms with van der Waals surface area (Å²) in [6, 6.07) is 13.6. The summed E-state index contributed by atoms with van der Waals surface area (Å²) in [7, 11) is -11.2. The fraction of sp³-hybridized carbons (Fsp3) is 0.143. The molecule has 3 aromatic carbocycles. The van der Waals surface area contributed by atoms with Crippen LogP contribution in [-0.2, 0) is 29.9 Å². The molecule has 0 spiro atoms. The lowest BCUT2D eigenvalue weighted by atomic mass is 10.1. The number of ether oxygens (including phenoxy) is 1. The molecule has 9 nitrogen and oxygen atoms in total. The largest absolute Gasteiger partial charge is 0.497 e. The Morgan fingerprint density at radius 1 is 0.794 bits per heavy atom. The van der Waals surface area contributed by atoms with Crippen molar-refractivity contribution in [3.8, 4) is 5.75 Å². The third kappa shape index (κ3) is 5.59. The summed E-state index contributed by atoms with van der Waals surface area (Å²) < 4.78 is 83.4. The molecule has 34 heavy (non-hydrogen) atoms. The minimum absolute atomic E-state index is 0.139. The molecule has 1 atom stereocenters. The van der Waals surface area contributed by atoms with Crippen LogP contribution in [0.4, 0.5) is 0 Å². The number of hydrogen-bond donors (Lipinski definition) is 2. The van der Waals surface area contributed by atoms with Gasteiger partial charge >= 0.3 is 0 Å². The van der Waals surface area contributed by atoms with E-state index in [0.29, 0.717) is 10.6 Å². The van der Waals surface area contributed by atoms with E-state index in [1.165, 1.54) is 68.6 Å². The Bertz CT molecular complexity index is 1520. The summed E-state index contributed by atoms with van der Waals surface area (Å²) in [5.74, 6) is 0.157. The Morgan fingerprint density at radius 3 is 1.79 bits per heavy atom. The van der Waals surface area contributed by atoms with Gasteiger partial charge < -0.3 is 4.74 Å². The fourth-order valence-corrected chi connectivity index (χ4v) is 7.25. The third-order valence-electron chi connectivity index (χ3n) is 4.89. The number of hydrogen-bond acceptors (Lipinski definition) is 7. The van der Waals surface area contributed by atoms with E-state index in [1.807, 2.05) is 0 Å². The number of halogens is 1. The van der Waals surface area contributed by atoms with E-state index in [9.17, 15) is 25.3 Å². The minimum Gasteiger partial charge on any atom is -0.497 e. The van der Waals surface area contributed by atoms with Crippen LogP contribution in [0.1, 0.15) is 18.5 Å². The van der Waals surface area contributed by atoms with Crippen molar-refractivity contribution in [2.24, 2.45) is 5.14 Å². The smallest absolute Gasteiger partial charge is 0.274 e. The molecule has 0 radical (unpaired) electrons. The van der Waals surface area contributed by atoms with Crippen molar-refractivity contribution >= 4 is 41.5 Å². The monoisotopic (exact) mass is 544 g/mol. The highest BCUT2D eigenvalue weighted by atomic mass is 35.5.